The van der Waals surface area contributed by atoms with Gasteiger partial charge in [-0.3, -0.25) is 5.41 Å². The zero-order valence-electron chi connectivity index (χ0n) is 11.0. The molecule has 3 N–H and O–H groups in total. The number of hydrogen-bond acceptors (Lipinski definition) is 4. The van der Waals surface area contributed by atoms with E-state index in [1.807, 2.05) is 0 Å². The number of nitrogens with two attached hydrogens (primary N) is 1. The zero-order valence-corrected chi connectivity index (χ0v) is 12.5. The Balaban J connectivity index is 0.00000200. The first-order valence-corrected chi connectivity index (χ1v) is 5.95. The summed E-state index contributed by atoms with van der Waals surface area (Å²) in [5, 5.41) is 20.4. The number of hydrogen-bond donors (Lipinski definition) is 2. The summed E-state index contributed by atoms with van der Waals surface area (Å²) in [7, 11) is 0. The average Bonchev–Trinajstić information content (AvgIpc) is 2.65. The van der Waals surface area contributed by atoms with E-state index in [1.165, 1.54) is 4.68 Å². The van der Waals surface area contributed by atoms with Gasteiger partial charge in [-0.05, 0) is 38.1 Å². The summed E-state index contributed by atoms with van der Waals surface area (Å²) in [6.45, 7) is 3.58. The second kappa shape index (κ2) is 6.49. The van der Waals surface area contributed by atoms with E-state index in [0.29, 0.717) is 27.8 Å². The van der Waals surface area contributed by atoms with Crippen LogP contribution in [0.25, 0.3) is 0 Å². The van der Waals surface area contributed by atoms with Crippen LogP contribution in [0.15, 0.2) is 34.5 Å². The topological polar surface area (TPSA) is 92.4 Å². The molecule has 0 unspecified atom stereocenters. The molecular weight excluding hydrogens is 299 g/mol. The third kappa shape index (κ3) is 3.34. The Labute approximate surface area is 127 Å². The van der Waals surface area contributed by atoms with Crippen LogP contribution in [0, 0.1) is 19.3 Å². The van der Waals surface area contributed by atoms with E-state index in [1.54, 1.807) is 38.1 Å². The van der Waals surface area contributed by atoms with Crippen molar-refractivity contribution in [2.45, 2.75) is 13.8 Å². The highest BCUT2D eigenvalue weighted by Gasteiger charge is 2.12. The van der Waals surface area contributed by atoms with Crippen molar-refractivity contribution < 1.29 is 0 Å². The summed E-state index contributed by atoms with van der Waals surface area (Å²) < 4.78 is 1.32. The molecule has 6 nitrogen and oxygen atoms in total. The molecule has 0 aliphatic rings. The van der Waals surface area contributed by atoms with Crippen molar-refractivity contribution in [1.29, 1.82) is 5.41 Å². The molecule has 106 valence electrons. The molecule has 0 aliphatic heterocycles. The smallest absolute Gasteiger partial charge is 0.213 e. The molecule has 2 aromatic rings. The van der Waals surface area contributed by atoms with Crippen molar-refractivity contribution in [1.82, 2.24) is 9.78 Å². The minimum atomic E-state index is -0.145. The lowest BCUT2D eigenvalue weighted by atomic mass is 10.3. The van der Waals surface area contributed by atoms with Gasteiger partial charge in [0.1, 0.15) is 5.69 Å². The summed E-state index contributed by atoms with van der Waals surface area (Å²) in [5.74, 6) is -0.145. The van der Waals surface area contributed by atoms with Crippen LogP contribution in [0.1, 0.15) is 11.4 Å². The molecule has 8 heteroatoms. The van der Waals surface area contributed by atoms with E-state index in [-0.39, 0.29) is 18.4 Å². The zero-order chi connectivity index (χ0) is 14.0. The molecule has 0 atom stereocenters. The number of azo groups is 1. The van der Waals surface area contributed by atoms with Crippen molar-refractivity contribution in [2.75, 3.05) is 0 Å². The number of aromatic nitrogens is 2. The molecule has 20 heavy (non-hydrogen) atoms. The lowest BCUT2D eigenvalue weighted by Gasteiger charge is -1.98. The number of nitrogen functional groups attached to an aromatic ring is 1. The molecule has 0 saturated carbocycles. The lowest BCUT2D eigenvalue weighted by Crippen LogP contribution is -2.22. The van der Waals surface area contributed by atoms with Crippen molar-refractivity contribution in [3.05, 3.63) is 40.7 Å². The largest absolute Gasteiger partial charge is 0.368 e. The number of nitrogens with zero attached hydrogens (tertiary/aromatic N) is 4. The highest BCUT2D eigenvalue weighted by Crippen LogP contribution is 2.25. The molecule has 2 rings (SSSR count). The Kier molecular flexibility index (Phi) is 5.24. The fraction of sp³-hybridized carbons (Fsp3) is 0.167. The third-order valence-corrected chi connectivity index (χ3v) is 2.83. The maximum Gasteiger partial charge on any atom is 0.213 e. The van der Waals surface area contributed by atoms with Crippen LogP contribution < -0.4 is 5.73 Å². The maximum absolute atomic E-state index is 7.40. The quantitative estimate of drug-likeness (QED) is 0.502. The molecule has 0 bridgehead atoms. The van der Waals surface area contributed by atoms with Gasteiger partial charge in [-0.2, -0.15) is 10.2 Å². The second-order valence-electron chi connectivity index (χ2n) is 3.99. The van der Waals surface area contributed by atoms with E-state index in [4.69, 9.17) is 22.7 Å². The first-order chi connectivity index (χ1) is 8.99. The molecule has 1 heterocycles. The van der Waals surface area contributed by atoms with E-state index in [2.05, 4.69) is 15.3 Å². The van der Waals surface area contributed by atoms with Gasteiger partial charge >= 0.3 is 0 Å². The van der Waals surface area contributed by atoms with Crippen LogP contribution in [-0.4, -0.2) is 15.7 Å². The van der Waals surface area contributed by atoms with Crippen LogP contribution in [0.3, 0.4) is 0 Å². The van der Waals surface area contributed by atoms with Gasteiger partial charge in [0.2, 0.25) is 5.96 Å². The third-order valence-electron chi connectivity index (χ3n) is 2.57. The van der Waals surface area contributed by atoms with Crippen LogP contribution >= 0.6 is 24.0 Å². The van der Waals surface area contributed by atoms with Gasteiger partial charge in [0.25, 0.3) is 0 Å². The van der Waals surface area contributed by atoms with E-state index < -0.39 is 0 Å². The van der Waals surface area contributed by atoms with Gasteiger partial charge in [-0.15, -0.1) is 17.5 Å². The van der Waals surface area contributed by atoms with Crippen molar-refractivity contribution in [3.8, 4) is 0 Å². The number of halogens is 2. The molecule has 1 aromatic heterocycles. The van der Waals surface area contributed by atoms with E-state index in [0.717, 1.165) is 0 Å². The van der Waals surface area contributed by atoms with Crippen LogP contribution in [-0.2, 0) is 0 Å². The molecule has 0 aliphatic carbocycles. The molecule has 0 radical (unpaired) electrons. The van der Waals surface area contributed by atoms with E-state index >= 15 is 0 Å². The van der Waals surface area contributed by atoms with Gasteiger partial charge in [-0.25, -0.2) is 4.68 Å². The predicted molar refractivity (Wildman–Crippen MR) is 81.9 cm³/mol. The molecular formula is C12H14Cl2N6. The maximum atomic E-state index is 7.40. The Morgan fingerprint density at radius 3 is 2.35 bits per heavy atom. The van der Waals surface area contributed by atoms with Crippen molar-refractivity contribution in [2.24, 2.45) is 16.0 Å². The molecule has 0 fully saturated rings. The number of nitrogens with one attached hydrogen (secondary N) is 1. The predicted octanol–water partition coefficient (Wildman–Crippen LogP) is 3.73. The fourth-order valence-electron chi connectivity index (χ4n) is 1.63. The summed E-state index contributed by atoms with van der Waals surface area (Å²) in [6.07, 6.45) is 0. The Bertz CT molecular complexity index is 645. The number of aryl methyl sites for hydroxylation is 1. The SMILES string of the molecule is Cc1nn(C(=N)N)c(C)c1N=Nc1ccc(Cl)cc1.Cl. The summed E-state index contributed by atoms with van der Waals surface area (Å²) in [4.78, 5) is 0. The van der Waals surface area contributed by atoms with Gasteiger partial charge in [0, 0.05) is 5.02 Å². The Hall–Kier alpha value is -1.92. The van der Waals surface area contributed by atoms with Crippen molar-refractivity contribution in [3.63, 3.8) is 0 Å². The van der Waals surface area contributed by atoms with Gasteiger partial charge in [0.15, 0.2) is 0 Å². The lowest BCUT2D eigenvalue weighted by molar-refractivity contribution is 0.863. The van der Waals surface area contributed by atoms with Crippen molar-refractivity contribution >= 4 is 41.3 Å². The number of rotatable bonds is 2. The van der Waals surface area contributed by atoms with Crippen LogP contribution in [0.5, 0.6) is 0 Å². The summed E-state index contributed by atoms with van der Waals surface area (Å²) in [5.41, 5.74) is 8.08. The van der Waals surface area contributed by atoms with Crippen LogP contribution in [0.4, 0.5) is 11.4 Å². The first-order valence-electron chi connectivity index (χ1n) is 5.57. The minimum absolute atomic E-state index is 0. The second-order valence-corrected chi connectivity index (χ2v) is 4.43. The summed E-state index contributed by atoms with van der Waals surface area (Å²) in [6, 6.07) is 7.03. The molecule has 0 amide bonds. The van der Waals surface area contributed by atoms with E-state index in [9.17, 15) is 0 Å². The van der Waals surface area contributed by atoms with Gasteiger partial charge in [0.05, 0.1) is 17.1 Å². The first kappa shape index (κ1) is 16.1. The highest BCUT2D eigenvalue weighted by molar-refractivity contribution is 6.30. The van der Waals surface area contributed by atoms with Gasteiger partial charge < -0.3 is 5.73 Å². The van der Waals surface area contributed by atoms with Crippen LogP contribution in [0.2, 0.25) is 5.02 Å². The normalized spacial score (nSPS) is 10.6. The summed E-state index contributed by atoms with van der Waals surface area (Å²) >= 11 is 5.79. The highest BCUT2D eigenvalue weighted by atomic mass is 35.5. The molecule has 0 spiro atoms. The van der Waals surface area contributed by atoms with Gasteiger partial charge in [-0.1, -0.05) is 11.6 Å². The fourth-order valence-corrected chi connectivity index (χ4v) is 1.76. The minimum Gasteiger partial charge on any atom is -0.368 e. The standard InChI is InChI=1S/C12H13ClN6.ClH/c1-7-11(8(2)19(18-7)12(14)15)17-16-10-5-3-9(13)4-6-10;/h3-6H,1-2H3,(H3,14,15);1H. The molecule has 0 saturated heterocycles. The monoisotopic (exact) mass is 312 g/mol. The molecule has 1 aromatic carbocycles. The Morgan fingerprint density at radius 1 is 1.25 bits per heavy atom. The number of benzene rings is 1. The Morgan fingerprint density at radius 2 is 1.85 bits per heavy atom. The average molecular weight is 313 g/mol.